The zero-order valence-corrected chi connectivity index (χ0v) is 11.1. The van der Waals surface area contributed by atoms with E-state index in [4.69, 9.17) is 5.11 Å². The molecule has 0 aliphatic rings. The number of amides is 2. The second kappa shape index (κ2) is 5.69. The summed E-state index contributed by atoms with van der Waals surface area (Å²) >= 11 is 0. The summed E-state index contributed by atoms with van der Waals surface area (Å²) in [5, 5.41) is 11.3. The Balaban J connectivity index is 2.63. The minimum Gasteiger partial charge on any atom is -0.480 e. The van der Waals surface area contributed by atoms with Gasteiger partial charge in [0.05, 0.1) is 0 Å². The molecule has 104 valence electrons. The van der Waals surface area contributed by atoms with Gasteiger partial charge in [0.1, 0.15) is 11.4 Å². The Morgan fingerprint density at radius 1 is 1.32 bits per heavy atom. The second-order valence-electron chi connectivity index (χ2n) is 4.84. The van der Waals surface area contributed by atoms with Crippen LogP contribution in [0.1, 0.15) is 19.4 Å². The highest BCUT2D eigenvalue weighted by atomic mass is 19.1. The van der Waals surface area contributed by atoms with Crippen LogP contribution in [0.4, 0.5) is 9.18 Å². The molecule has 0 aromatic heterocycles. The van der Waals surface area contributed by atoms with E-state index in [1.165, 1.54) is 37.9 Å². The number of nitrogens with zero attached hydrogens (tertiary/aromatic N) is 1. The van der Waals surface area contributed by atoms with E-state index < -0.39 is 17.5 Å². The molecule has 0 atom stereocenters. The number of hydrogen-bond donors (Lipinski definition) is 2. The van der Waals surface area contributed by atoms with Gasteiger partial charge in [-0.1, -0.05) is 12.1 Å². The lowest BCUT2D eigenvalue weighted by Gasteiger charge is -2.25. The third-order valence-electron chi connectivity index (χ3n) is 2.63. The maximum atomic E-state index is 12.7. The van der Waals surface area contributed by atoms with E-state index in [1.54, 1.807) is 12.1 Å². The van der Waals surface area contributed by atoms with Crippen molar-refractivity contribution in [1.29, 1.82) is 0 Å². The summed E-state index contributed by atoms with van der Waals surface area (Å²) in [6.07, 6.45) is 0. The summed E-state index contributed by atoms with van der Waals surface area (Å²) in [6, 6.07) is 5.25. The molecule has 2 amide bonds. The van der Waals surface area contributed by atoms with Crippen LogP contribution in [0.25, 0.3) is 0 Å². The van der Waals surface area contributed by atoms with Crippen LogP contribution in [0.3, 0.4) is 0 Å². The monoisotopic (exact) mass is 268 g/mol. The number of nitrogens with one attached hydrogen (secondary N) is 1. The van der Waals surface area contributed by atoms with Gasteiger partial charge >= 0.3 is 12.0 Å². The van der Waals surface area contributed by atoms with Crippen molar-refractivity contribution in [3.8, 4) is 0 Å². The molecule has 0 heterocycles. The maximum Gasteiger partial charge on any atom is 0.328 e. The van der Waals surface area contributed by atoms with Crippen molar-refractivity contribution in [3.05, 3.63) is 35.6 Å². The molecule has 0 fully saturated rings. The first-order chi connectivity index (χ1) is 8.72. The number of aliphatic carboxylic acids is 1. The van der Waals surface area contributed by atoms with Crippen LogP contribution in [0.15, 0.2) is 24.3 Å². The van der Waals surface area contributed by atoms with Gasteiger partial charge in [-0.25, -0.2) is 14.0 Å². The van der Waals surface area contributed by atoms with Crippen LogP contribution in [0.2, 0.25) is 0 Å². The lowest BCUT2D eigenvalue weighted by Crippen LogP contribution is -2.53. The number of hydrogen-bond acceptors (Lipinski definition) is 2. The number of carboxylic acids is 1. The van der Waals surface area contributed by atoms with Crippen LogP contribution in [-0.4, -0.2) is 34.6 Å². The minimum atomic E-state index is -1.34. The summed E-state index contributed by atoms with van der Waals surface area (Å²) in [5.74, 6) is -1.46. The number of carbonyl (C=O) groups excluding carboxylic acids is 1. The molecule has 0 unspecified atom stereocenters. The molecule has 0 radical (unpaired) electrons. The molecule has 0 saturated carbocycles. The Labute approximate surface area is 111 Å². The van der Waals surface area contributed by atoms with Gasteiger partial charge in [0.15, 0.2) is 0 Å². The van der Waals surface area contributed by atoms with E-state index in [1.807, 2.05) is 0 Å². The molecule has 1 aromatic carbocycles. The highest BCUT2D eigenvalue weighted by Crippen LogP contribution is 2.07. The number of rotatable bonds is 4. The molecule has 19 heavy (non-hydrogen) atoms. The van der Waals surface area contributed by atoms with E-state index >= 15 is 0 Å². The Bertz CT molecular complexity index is 471. The third kappa shape index (κ3) is 4.24. The predicted octanol–water partition coefficient (Wildman–Crippen LogP) is 1.83. The molecular formula is C13H17FN2O3. The van der Waals surface area contributed by atoms with E-state index in [2.05, 4.69) is 5.32 Å². The summed E-state index contributed by atoms with van der Waals surface area (Å²) in [7, 11) is 1.54. The van der Waals surface area contributed by atoms with Crippen molar-refractivity contribution in [2.24, 2.45) is 0 Å². The van der Waals surface area contributed by atoms with Gasteiger partial charge in [0.2, 0.25) is 0 Å². The van der Waals surface area contributed by atoms with E-state index in [0.29, 0.717) is 0 Å². The molecule has 0 aliphatic heterocycles. The van der Waals surface area contributed by atoms with E-state index in [9.17, 15) is 14.0 Å². The molecule has 0 saturated heterocycles. The average molecular weight is 268 g/mol. The molecular weight excluding hydrogens is 251 g/mol. The van der Waals surface area contributed by atoms with Crippen molar-refractivity contribution < 1.29 is 19.1 Å². The lowest BCUT2D eigenvalue weighted by atomic mass is 10.1. The Kier molecular flexibility index (Phi) is 4.47. The first-order valence-electron chi connectivity index (χ1n) is 5.73. The minimum absolute atomic E-state index is 0.266. The summed E-state index contributed by atoms with van der Waals surface area (Å²) in [4.78, 5) is 24.0. The van der Waals surface area contributed by atoms with Crippen molar-refractivity contribution in [1.82, 2.24) is 10.2 Å². The smallest absolute Gasteiger partial charge is 0.328 e. The van der Waals surface area contributed by atoms with Gasteiger partial charge < -0.3 is 15.3 Å². The zero-order valence-electron chi connectivity index (χ0n) is 11.1. The van der Waals surface area contributed by atoms with Crippen molar-refractivity contribution in [2.75, 3.05) is 7.05 Å². The van der Waals surface area contributed by atoms with E-state index in [-0.39, 0.29) is 12.4 Å². The Morgan fingerprint density at radius 3 is 2.32 bits per heavy atom. The van der Waals surface area contributed by atoms with Gasteiger partial charge in [-0.05, 0) is 31.5 Å². The topological polar surface area (TPSA) is 69.6 Å². The largest absolute Gasteiger partial charge is 0.480 e. The lowest BCUT2D eigenvalue weighted by molar-refractivity contribution is -0.143. The molecule has 1 aromatic rings. The SMILES string of the molecule is CN(Cc1ccc(F)cc1)C(=O)NC(C)(C)C(=O)O. The van der Waals surface area contributed by atoms with Crippen LogP contribution >= 0.6 is 0 Å². The molecule has 0 spiro atoms. The molecule has 6 heteroatoms. The Morgan fingerprint density at radius 2 is 1.84 bits per heavy atom. The molecule has 5 nitrogen and oxygen atoms in total. The summed E-state index contributed by atoms with van der Waals surface area (Å²) in [5.41, 5.74) is -0.582. The number of benzene rings is 1. The maximum absolute atomic E-state index is 12.7. The van der Waals surface area contributed by atoms with Gasteiger partial charge in [-0.2, -0.15) is 0 Å². The van der Waals surface area contributed by atoms with Crippen molar-refractivity contribution in [3.63, 3.8) is 0 Å². The normalized spacial score (nSPS) is 10.9. The first-order valence-corrected chi connectivity index (χ1v) is 5.73. The number of halogens is 1. The van der Waals surface area contributed by atoms with E-state index in [0.717, 1.165) is 5.56 Å². The highest BCUT2D eigenvalue weighted by molar-refractivity contribution is 5.85. The van der Waals surface area contributed by atoms with Gasteiger partial charge in [-0.3, -0.25) is 0 Å². The fraction of sp³-hybridized carbons (Fsp3) is 0.385. The van der Waals surface area contributed by atoms with Crippen LogP contribution in [-0.2, 0) is 11.3 Å². The van der Waals surface area contributed by atoms with Crippen LogP contribution in [0, 0.1) is 5.82 Å². The average Bonchev–Trinajstić information content (AvgIpc) is 2.31. The van der Waals surface area contributed by atoms with Crippen LogP contribution < -0.4 is 5.32 Å². The van der Waals surface area contributed by atoms with Gasteiger partial charge in [0, 0.05) is 13.6 Å². The quantitative estimate of drug-likeness (QED) is 0.875. The molecule has 1 rings (SSSR count). The molecule has 0 aliphatic carbocycles. The predicted molar refractivity (Wildman–Crippen MR) is 68.1 cm³/mol. The fourth-order valence-electron chi connectivity index (χ4n) is 1.35. The summed E-state index contributed by atoms with van der Waals surface area (Å²) < 4.78 is 12.7. The standard InChI is InChI=1S/C13H17FN2O3/c1-13(2,11(17)18)15-12(19)16(3)8-9-4-6-10(14)7-5-9/h4-7H,8H2,1-3H3,(H,15,19)(H,17,18). The first kappa shape index (κ1) is 14.9. The summed E-state index contributed by atoms with van der Waals surface area (Å²) in [6.45, 7) is 3.07. The zero-order chi connectivity index (χ0) is 14.6. The van der Waals surface area contributed by atoms with Crippen molar-refractivity contribution in [2.45, 2.75) is 25.9 Å². The second-order valence-corrected chi connectivity index (χ2v) is 4.84. The molecule has 0 bridgehead atoms. The number of urea groups is 1. The number of carbonyl (C=O) groups is 2. The highest BCUT2D eigenvalue weighted by Gasteiger charge is 2.30. The van der Waals surface area contributed by atoms with Gasteiger partial charge in [-0.15, -0.1) is 0 Å². The van der Waals surface area contributed by atoms with Gasteiger partial charge in [0.25, 0.3) is 0 Å². The van der Waals surface area contributed by atoms with Crippen molar-refractivity contribution >= 4 is 12.0 Å². The molecule has 2 N–H and O–H groups in total. The fourth-order valence-corrected chi connectivity index (χ4v) is 1.35. The third-order valence-corrected chi connectivity index (χ3v) is 2.63. The Hall–Kier alpha value is -2.11. The van der Waals surface area contributed by atoms with Crippen LogP contribution in [0.5, 0.6) is 0 Å². The number of carboxylic acid groups (broad SMARTS) is 1.